The maximum Gasteiger partial charge on any atom is 0.236 e. The number of fused-ring (bicyclic) bond motifs is 3. The molecule has 0 saturated carbocycles. The van der Waals surface area contributed by atoms with Crippen molar-refractivity contribution in [1.82, 2.24) is 14.7 Å². The SMILES string of the molecule is CCN(CC)C(=O)C[C@@H]1CCN2C[C@@H]1C=CCOc1ccccc1CN(CC(C)(C)C)CC2=O. The molecule has 0 spiro atoms. The summed E-state index contributed by atoms with van der Waals surface area (Å²) in [4.78, 5) is 32.4. The van der Waals surface area contributed by atoms with E-state index in [9.17, 15) is 9.59 Å². The number of nitrogens with zero attached hydrogens (tertiary/aromatic N) is 3. The third-order valence-electron chi connectivity index (χ3n) is 6.85. The maximum absolute atomic E-state index is 13.4. The first kappa shape index (κ1) is 26.3. The molecule has 34 heavy (non-hydrogen) atoms. The predicted molar refractivity (Wildman–Crippen MR) is 137 cm³/mol. The fraction of sp³-hybridized carbons (Fsp3) is 0.643. The number of rotatable bonds is 5. The fourth-order valence-corrected chi connectivity index (χ4v) is 5.17. The highest BCUT2D eigenvalue weighted by atomic mass is 16.5. The second kappa shape index (κ2) is 11.9. The Hall–Kier alpha value is -2.34. The lowest BCUT2D eigenvalue weighted by Crippen LogP contribution is -2.48. The Balaban J connectivity index is 1.83. The van der Waals surface area contributed by atoms with Crippen molar-refractivity contribution in [3.05, 3.63) is 42.0 Å². The smallest absolute Gasteiger partial charge is 0.236 e. The van der Waals surface area contributed by atoms with Crippen LogP contribution in [0.1, 0.15) is 53.0 Å². The highest BCUT2D eigenvalue weighted by Crippen LogP contribution is 2.30. The van der Waals surface area contributed by atoms with E-state index in [1.807, 2.05) is 41.8 Å². The van der Waals surface area contributed by atoms with E-state index in [4.69, 9.17) is 4.74 Å². The molecule has 3 rings (SSSR count). The van der Waals surface area contributed by atoms with Crippen molar-refractivity contribution in [2.45, 2.75) is 54.0 Å². The monoisotopic (exact) mass is 469 g/mol. The molecule has 2 aliphatic heterocycles. The normalized spacial score (nSPS) is 22.1. The third kappa shape index (κ3) is 7.33. The third-order valence-corrected chi connectivity index (χ3v) is 6.85. The molecule has 1 aromatic carbocycles. The number of amides is 2. The summed E-state index contributed by atoms with van der Waals surface area (Å²) >= 11 is 0. The summed E-state index contributed by atoms with van der Waals surface area (Å²) in [6, 6.07) is 8.12. The highest BCUT2D eigenvalue weighted by Gasteiger charge is 2.33. The standard InChI is InChI=1S/C28H43N3O3/c1-6-30(7-2)26(32)17-22-14-15-31-19-23(22)12-10-16-34-25-13-9-8-11-24(25)18-29(20-27(31)33)21-28(3,4)5/h8-13,22-23H,6-7,14-21H2,1-5H3/t22-,23-/m0/s1. The summed E-state index contributed by atoms with van der Waals surface area (Å²) in [5, 5.41) is 0. The highest BCUT2D eigenvalue weighted by molar-refractivity contribution is 5.79. The molecule has 0 unspecified atom stereocenters. The van der Waals surface area contributed by atoms with Gasteiger partial charge in [-0.25, -0.2) is 0 Å². The molecule has 2 bridgehead atoms. The van der Waals surface area contributed by atoms with E-state index < -0.39 is 0 Å². The van der Waals surface area contributed by atoms with Crippen molar-refractivity contribution in [2.24, 2.45) is 17.3 Å². The number of para-hydroxylation sites is 1. The lowest BCUT2D eigenvalue weighted by atomic mass is 9.82. The molecule has 0 aliphatic carbocycles. The number of piperidine rings is 1. The average Bonchev–Trinajstić information content (AvgIpc) is 2.78. The largest absolute Gasteiger partial charge is 0.489 e. The van der Waals surface area contributed by atoms with Crippen molar-refractivity contribution in [1.29, 1.82) is 0 Å². The van der Waals surface area contributed by atoms with Crippen LogP contribution in [0.25, 0.3) is 0 Å². The van der Waals surface area contributed by atoms with Crippen LogP contribution in [0.5, 0.6) is 5.75 Å². The topological polar surface area (TPSA) is 53.1 Å². The quantitative estimate of drug-likeness (QED) is 0.607. The average molecular weight is 470 g/mol. The summed E-state index contributed by atoms with van der Waals surface area (Å²) in [5.74, 6) is 1.67. The molecule has 6 heteroatoms. The number of hydrogen-bond acceptors (Lipinski definition) is 4. The Labute approximate surface area is 205 Å². The van der Waals surface area contributed by atoms with Gasteiger partial charge in [-0.15, -0.1) is 0 Å². The van der Waals surface area contributed by atoms with Gasteiger partial charge in [-0.2, -0.15) is 0 Å². The molecule has 0 N–H and O–H groups in total. The minimum atomic E-state index is 0.0753. The van der Waals surface area contributed by atoms with Crippen LogP contribution in [0.15, 0.2) is 36.4 Å². The molecular formula is C28H43N3O3. The molecule has 2 heterocycles. The van der Waals surface area contributed by atoms with E-state index in [1.165, 1.54) is 0 Å². The predicted octanol–water partition coefficient (Wildman–Crippen LogP) is 4.21. The zero-order valence-corrected chi connectivity index (χ0v) is 21.8. The van der Waals surface area contributed by atoms with Gasteiger partial charge in [0.1, 0.15) is 12.4 Å². The van der Waals surface area contributed by atoms with E-state index in [0.717, 1.165) is 43.9 Å². The lowest BCUT2D eigenvalue weighted by molar-refractivity contribution is -0.136. The van der Waals surface area contributed by atoms with Gasteiger partial charge < -0.3 is 14.5 Å². The number of carbonyl (C=O) groups excluding carboxylic acids is 2. The fourth-order valence-electron chi connectivity index (χ4n) is 5.17. The Morgan fingerprint density at radius 3 is 2.59 bits per heavy atom. The molecule has 2 aliphatic rings. The first-order valence-electron chi connectivity index (χ1n) is 12.9. The van der Waals surface area contributed by atoms with Crippen LogP contribution in [-0.2, 0) is 16.1 Å². The zero-order chi connectivity index (χ0) is 24.7. The van der Waals surface area contributed by atoms with Gasteiger partial charge in [0, 0.05) is 51.3 Å². The van der Waals surface area contributed by atoms with Crippen molar-refractivity contribution < 1.29 is 14.3 Å². The second-order valence-corrected chi connectivity index (χ2v) is 10.9. The van der Waals surface area contributed by atoms with Gasteiger partial charge in [0.15, 0.2) is 0 Å². The molecule has 2 amide bonds. The minimum absolute atomic E-state index is 0.0753. The number of carbonyl (C=O) groups is 2. The van der Waals surface area contributed by atoms with Crippen LogP contribution in [0.2, 0.25) is 0 Å². The van der Waals surface area contributed by atoms with Crippen LogP contribution >= 0.6 is 0 Å². The lowest BCUT2D eigenvalue weighted by Gasteiger charge is -2.39. The van der Waals surface area contributed by atoms with E-state index in [1.54, 1.807) is 0 Å². The molecule has 1 fully saturated rings. The van der Waals surface area contributed by atoms with Crippen LogP contribution in [0.4, 0.5) is 0 Å². The van der Waals surface area contributed by atoms with Gasteiger partial charge in [0.25, 0.3) is 0 Å². The molecule has 0 aromatic heterocycles. The second-order valence-electron chi connectivity index (χ2n) is 10.9. The summed E-state index contributed by atoms with van der Waals surface area (Å²) < 4.78 is 6.15. The first-order chi connectivity index (χ1) is 16.2. The summed E-state index contributed by atoms with van der Waals surface area (Å²) in [6.45, 7) is 15.9. The van der Waals surface area contributed by atoms with E-state index in [2.05, 4.69) is 43.9 Å². The Morgan fingerprint density at radius 1 is 1.15 bits per heavy atom. The maximum atomic E-state index is 13.4. The van der Waals surface area contributed by atoms with Crippen molar-refractivity contribution in [3.63, 3.8) is 0 Å². The van der Waals surface area contributed by atoms with E-state index in [0.29, 0.717) is 32.7 Å². The van der Waals surface area contributed by atoms with Crippen LogP contribution in [0.3, 0.4) is 0 Å². The Kier molecular flexibility index (Phi) is 9.17. The zero-order valence-electron chi connectivity index (χ0n) is 21.8. The van der Waals surface area contributed by atoms with Crippen molar-refractivity contribution >= 4 is 11.8 Å². The molecule has 188 valence electrons. The van der Waals surface area contributed by atoms with E-state index >= 15 is 0 Å². The van der Waals surface area contributed by atoms with E-state index in [-0.39, 0.29) is 29.1 Å². The van der Waals surface area contributed by atoms with Crippen LogP contribution < -0.4 is 4.74 Å². The summed E-state index contributed by atoms with van der Waals surface area (Å²) in [6.07, 6.45) is 5.63. The number of ether oxygens (including phenoxy) is 1. The summed E-state index contributed by atoms with van der Waals surface area (Å²) in [5.41, 5.74) is 1.18. The summed E-state index contributed by atoms with van der Waals surface area (Å²) in [7, 11) is 0. The van der Waals surface area contributed by atoms with Crippen LogP contribution in [-0.4, -0.2) is 72.4 Å². The number of hydrogen-bond donors (Lipinski definition) is 0. The molecule has 6 nitrogen and oxygen atoms in total. The van der Waals surface area contributed by atoms with Gasteiger partial charge >= 0.3 is 0 Å². The first-order valence-corrected chi connectivity index (χ1v) is 12.9. The van der Waals surface area contributed by atoms with Gasteiger partial charge in [-0.1, -0.05) is 51.1 Å². The van der Waals surface area contributed by atoms with Gasteiger partial charge in [-0.05, 0) is 43.6 Å². The number of benzene rings is 1. The molecule has 0 radical (unpaired) electrons. The molecule has 1 aromatic rings. The molecule has 1 saturated heterocycles. The molecular weight excluding hydrogens is 426 g/mol. The van der Waals surface area contributed by atoms with Gasteiger partial charge in [0.2, 0.25) is 11.8 Å². The Bertz CT molecular complexity index is 857. The Morgan fingerprint density at radius 2 is 1.88 bits per heavy atom. The van der Waals surface area contributed by atoms with Crippen molar-refractivity contribution in [2.75, 3.05) is 45.9 Å². The minimum Gasteiger partial charge on any atom is -0.489 e. The van der Waals surface area contributed by atoms with Crippen LogP contribution in [0, 0.1) is 17.3 Å². The van der Waals surface area contributed by atoms with Crippen molar-refractivity contribution in [3.8, 4) is 5.75 Å². The van der Waals surface area contributed by atoms with Gasteiger partial charge in [-0.3, -0.25) is 14.5 Å². The molecule has 2 atom stereocenters. The van der Waals surface area contributed by atoms with Gasteiger partial charge in [0.05, 0.1) is 6.54 Å².